The zero-order valence-electron chi connectivity index (χ0n) is 12.0. The van der Waals surface area contributed by atoms with Crippen molar-refractivity contribution in [3.8, 4) is 0 Å². The van der Waals surface area contributed by atoms with E-state index in [0.29, 0.717) is 6.61 Å². The summed E-state index contributed by atoms with van der Waals surface area (Å²) in [5.74, 6) is -1.88. The van der Waals surface area contributed by atoms with E-state index in [1.54, 1.807) is 6.92 Å². The first-order chi connectivity index (χ1) is 9.29. The molecule has 0 amide bonds. The molecule has 0 aliphatic carbocycles. The van der Waals surface area contributed by atoms with E-state index < -0.39 is 11.9 Å². The lowest BCUT2D eigenvalue weighted by molar-refractivity contribution is -0.137. The molecule has 0 saturated heterocycles. The van der Waals surface area contributed by atoms with Gasteiger partial charge in [-0.25, -0.2) is 14.4 Å². The number of esters is 2. The highest BCUT2D eigenvalue weighted by molar-refractivity contribution is 5.89. The first-order valence-corrected chi connectivity index (χ1v) is 5.75. The minimum absolute atomic E-state index is 0.185. The molecule has 0 unspecified atom stereocenters. The molecule has 0 aromatic rings. The third-order valence-electron chi connectivity index (χ3n) is 1.92. The second-order valence-electron chi connectivity index (χ2n) is 3.45. The zero-order valence-corrected chi connectivity index (χ0v) is 12.0. The predicted octanol–water partition coefficient (Wildman–Crippen LogP) is 1.87. The molecule has 112 valence electrons. The van der Waals surface area contributed by atoms with E-state index in [-0.39, 0.29) is 23.5 Å². The largest absolute Gasteiger partial charge is 0.478 e. The third kappa shape index (κ3) is 10.8. The van der Waals surface area contributed by atoms with Gasteiger partial charge in [0.25, 0.3) is 0 Å². The summed E-state index contributed by atoms with van der Waals surface area (Å²) in [6, 6.07) is 0. The highest BCUT2D eigenvalue weighted by Gasteiger charge is 2.05. The van der Waals surface area contributed by atoms with Crippen LogP contribution >= 0.6 is 0 Å². The fourth-order valence-electron chi connectivity index (χ4n) is 0.792. The van der Waals surface area contributed by atoms with Gasteiger partial charge in [-0.15, -0.1) is 0 Å². The molecule has 6 heteroatoms. The number of carboxylic acid groups (broad SMARTS) is 1. The fourth-order valence-corrected chi connectivity index (χ4v) is 0.792. The van der Waals surface area contributed by atoms with Crippen LogP contribution in [0.25, 0.3) is 0 Å². The van der Waals surface area contributed by atoms with Gasteiger partial charge in [-0.2, -0.15) is 0 Å². The monoisotopic (exact) mass is 284 g/mol. The number of ether oxygens (including phenoxy) is 2. The van der Waals surface area contributed by atoms with Crippen LogP contribution in [0.4, 0.5) is 0 Å². The molecule has 6 nitrogen and oxygen atoms in total. The van der Waals surface area contributed by atoms with E-state index in [1.165, 1.54) is 20.1 Å². The topological polar surface area (TPSA) is 89.9 Å². The van der Waals surface area contributed by atoms with Crippen molar-refractivity contribution in [2.24, 2.45) is 0 Å². The van der Waals surface area contributed by atoms with Crippen LogP contribution in [-0.2, 0) is 23.9 Å². The second-order valence-corrected chi connectivity index (χ2v) is 3.45. The average molecular weight is 284 g/mol. The molecular formula is C14H20O6. The smallest absolute Gasteiger partial charge is 0.333 e. The maximum Gasteiger partial charge on any atom is 0.333 e. The van der Waals surface area contributed by atoms with Crippen LogP contribution in [0, 0.1) is 0 Å². The van der Waals surface area contributed by atoms with Gasteiger partial charge in [-0.05, 0) is 20.3 Å². The summed E-state index contributed by atoms with van der Waals surface area (Å²) in [7, 11) is 1.25. The number of rotatable bonds is 6. The van der Waals surface area contributed by atoms with E-state index in [2.05, 4.69) is 22.6 Å². The number of carbonyl (C=O) groups excluding carboxylic acids is 2. The van der Waals surface area contributed by atoms with Crippen molar-refractivity contribution in [3.05, 3.63) is 36.5 Å². The Bertz CT molecular complexity index is 406. The Morgan fingerprint density at radius 3 is 2.15 bits per heavy atom. The lowest BCUT2D eigenvalue weighted by Crippen LogP contribution is -2.03. The van der Waals surface area contributed by atoms with Gasteiger partial charge >= 0.3 is 17.9 Å². The van der Waals surface area contributed by atoms with Gasteiger partial charge in [-0.3, -0.25) is 0 Å². The summed E-state index contributed by atoms with van der Waals surface area (Å²) in [6.07, 6.45) is 2.76. The minimum atomic E-state index is -1.00. The van der Waals surface area contributed by atoms with E-state index in [4.69, 9.17) is 5.11 Å². The molecule has 1 N–H and O–H groups in total. The van der Waals surface area contributed by atoms with Gasteiger partial charge in [0.1, 0.15) is 0 Å². The van der Waals surface area contributed by atoms with Crippen LogP contribution < -0.4 is 0 Å². The molecule has 0 aliphatic rings. The number of allylic oxidation sites excluding steroid dienone is 1. The van der Waals surface area contributed by atoms with Gasteiger partial charge in [0.05, 0.1) is 13.7 Å². The van der Waals surface area contributed by atoms with E-state index in [0.717, 1.165) is 6.08 Å². The summed E-state index contributed by atoms with van der Waals surface area (Å²) >= 11 is 0. The van der Waals surface area contributed by atoms with E-state index in [1.807, 2.05) is 0 Å². The Morgan fingerprint density at radius 1 is 1.30 bits per heavy atom. The van der Waals surface area contributed by atoms with Crippen molar-refractivity contribution in [1.29, 1.82) is 0 Å². The lowest BCUT2D eigenvalue weighted by Gasteiger charge is -1.99. The summed E-state index contributed by atoms with van der Waals surface area (Å²) in [5, 5.41) is 8.48. The molecule has 0 radical (unpaired) electrons. The summed E-state index contributed by atoms with van der Waals surface area (Å²) in [6.45, 7) is 10.3. The quantitative estimate of drug-likeness (QED) is 0.591. The molecule has 0 saturated carbocycles. The fraction of sp³-hybridized carbons (Fsp3) is 0.357. The van der Waals surface area contributed by atoms with Crippen LogP contribution in [0.2, 0.25) is 0 Å². The van der Waals surface area contributed by atoms with Gasteiger partial charge in [0.15, 0.2) is 0 Å². The Hall–Kier alpha value is -2.37. The number of hydrogen-bond acceptors (Lipinski definition) is 5. The lowest BCUT2D eigenvalue weighted by atomic mass is 10.1. The predicted molar refractivity (Wildman–Crippen MR) is 74.0 cm³/mol. The zero-order chi connectivity index (χ0) is 16.1. The molecule has 20 heavy (non-hydrogen) atoms. The van der Waals surface area contributed by atoms with Gasteiger partial charge in [-0.1, -0.05) is 19.2 Å². The third-order valence-corrected chi connectivity index (χ3v) is 1.92. The van der Waals surface area contributed by atoms with Crippen molar-refractivity contribution in [1.82, 2.24) is 0 Å². The number of carboxylic acids is 1. The summed E-state index contributed by atoms with van der Waals surface area (Å²) in [4.78, 5) is 31.2. The number of methoxy groups -OCH3 is 1. The Kier molecular flexibility index (Phi) is 11.7. The molecule has 0 atom stereocenters. The Morgan fingerprint density at radius 2 is 1.85 bits per heavy atom. The summed E-state index contributed by atoms with van der Waals surface area (Å²) < 4.78 is 8.82. The molecular weight excluding hydrogens is 264 g/mol. The maximum absolute atomic E-state index is 10.8. The molecule has 0 spiro atoms. The van der Waals surface area contributed by atoms with Crippen LogP contribution in [0.3, 0.4) is 0 Å². The highest BCUT2D eigenvalue weighted by atomic mass is 16.5. The van der Waals surface area contributed by atoms with Crippen LogP contribution in [0.1, 0.15) is 20.3 Å². The highest BCUT2D eigenvalue weighted by Crippen LogP contribution is 2.04. The standard InChI is InChI=1S/C9H12O4.C5H8O2/c1-6(8(10)11)4-5-7(2)9(12)13-3;1-3-5(6)7-4-2/h4H,2,5H2,1,3H3,(H,10,11);3H,1,4H2,2H3. The maximum atomic E-state index is 10.8. The van der Waals surface area contributed by atoms with Gasteiger partial charge in [0.2, 0.25) is 0 Å². The van der Waals surface area contributed by atoms with Crippen molar-refractivity contribution < 1.29 is 29.0 Å². The first kappa shape index (κ1) is 20.0. The first-order valence-electron chi connectivity index (χ1n) is 5.75. The van der Waals surface area contributed by atoms with Crippen molar-refractivity contribution >= 4 is 17.9 Å². The van der Waals surface area contributed by atoms with Crippen LogP contribution in [0.15, 0.2) is 36.5 Å². The Labute approximate surface area is 118 Å². The molecule has 0 aromatic heterocycles. The van der Waals surface area contributed by atoms with Crippen LogP contribution in [0.5, 0.6) is 0 Å². The van der Waals surface area contributed by atoms with E-state index in [9.17, 15) is 14.4 Å². The number of carbonyl (C=O) groups is 3. The molecule has 0 heterocycles. The Balaban J connectivity index is 0. The molecule has 0 bridgehead atoms. The summed E-state index contributed by atoms with van der Waals surface area (Å²) in [5.41, 5.74) is 0.424. The average Bonchev–Trinajstić information content (AvgIpc) is 2.43. The van der Waals surface area contributed by atoms with Crippen LogP contribution in [-0.4, -0.2) is 36.7 Å². The second kappa shape index (κ2) is 11.7. The van der Waals surface area contributed by atoms with Gasteiger partial charge in [0, 0.05) is 17.2 Å². The van der Waals surface area contributed by atoms with E-state index >= 15 is 0 Å². The molecule has 0 fully saturated rings. The number of aliphatic carboxylic acids is 1. The molecule has 0 aromatic carbocycles. The number of hydrogen-bond donors (Lipinski definition) is 1. The van der Waals surface area contributed by atoms with Crippen molar-refractivity contribution in [3.63, 3.8) is 0 Å². The molecule has 0 rings (SSSR count). The minimum Gasteiger partial charge on any atom is -0.478 e. The van der Waals surface area contributed by atoms with Crippen molar-refractivity contribution in [2.45, 2.75) is 20.3 Å². The molecule has 0 aliphatic heterocycles. The SMILES string of the molecule is C=C(CC=C(C)C(=O)O)C(=O)OC.C=CC(=O)OCC. The normalized spacial score (nSPS) is 9.65. The van der Waals surface area contributed by atoms with Gasteiger partial charge < -0.3 is 14.6 Å². The van der Waals surface area contributed by atoms with Crippen molar-refractivity contribution in [2.75, 3.05) is 13.7 Å².